The van der Waals surface area contributed by atoms with E-state index in [-0.39, 0.29) is 5.56 Å². The van der Waals surface area contributed by atoms with Crippen LogP contribution in [0.5, 0.6) is 0 Å². The van der Waals surface area contributed by atoms with Crippen molar-refractivity contribution in [1.82, 2.24) is 9.97 Å². The highest BCUT2D eigenvalue weighted by molar-refractivity contribution is 5.66. The molecule has 86 valence electrons. The van der Waals surface area contributed by atoms with Crippen LogP contribution in [-0.2, 0) is 0 Å². The number of nitrogens with zero attached hydrogens (tertiary/aromatic N) is 1. The van der Waals surface area contributed by atoms with Gasteiger partial charge in [0.05, 0.1) is 0 Å². The Kier molecular flexibility index (Phi) is 3.19. The van der Waals surface area contributed by atoms with Crippen LogP contribution >= 0.6 is 0 Å². The first-order valence-corrected chi connectivity index (χ1v) is 5.47. The fraction of sp³-hybridized carbons (Fsp3) is 0.143. The molecule has 0 aliphatic rings. The van der Waals surface area contributed by atoms with Crippen LogP contribution in [0.2, 0.25) is 0 Å². The Hall–Kier alpha value is -2.16. The highest BCUT2D eigenvalue weighted by Crippen LogP contribution is 2.04. The largest absolute Gasteiger partial charge is 0.307 e. The van der Waals surface area contributed by atoms with Crippen molar-refractivity contribution in [2.24, 2.45) is 0 Å². The van der Waals surface area contributed by atoms with Gasteiger partial charge in [-0.2, -0.15) is 0 Å². The van der Waals surface area contributed by atoms with Gasteiger partial charge in [-0.1, -0.05) is 36.4 Å². The molecule has 3 nitrogen and oxygen atoms in total. The summed E-state index contributed by atoms with van der Waals surface area (Å²) in [6.07, 6.45) is 3.73. The first-order chi connectivity index (χ1) is 8.16. The lowest BCUT2D eigenvalue weighted by atomic mass is 10.2. The smallest absolute Gasteiger partial charge is 0.254 e. The third kappa shape index (κ3) is 2.69. The fourth-order valence-electron chi connectivity index (χ4n) is 1.49. The van der Waals surface area contributed by atoms with E-state index in [4.69, 9.17) is 0 Å². The molecule has 0 bridgehead atoms. The average molecular weight is 226 g/mol. The quantitative estimate of drug-likeness (QED) is 0.855. The number of hydrogen-bond acceptors (Lipinski definition) is 2. The minimum atomic E-state index is -0.0785. The van der Waals surface area contributed by atoms with Crippen LogP contribution in [0.4, 0.5) is 0 Å². The lowest BCUT2D eigenvalue weighted by molar-refractivity contribution is 1.00. The summed E-state index contributed by atoms with van der Waals surface area (Å²) in [5.41, 5.74) is 2.43. The van der Waals surface area contributed by atoms with Gasteiger partial charge in [-0.05, 0) is 25.5 Å². The van der Waals surface area contributed by atoms with Gasteiger partial charge in [-0.25, -0.2) is 4.98 Å². The van der Waals surface area contributed by atoms with Gasteiger partial charge in [0.1, 0.15) is 5.82 Å². The Morgan fingerprint density at radius 1 is 1.12 bits per heavy atom. The lowest BCUT2D eigenvalue weighted by Crippen LogP contribution is -2.14. The molecule has 0 spiro atoms. The van der Waals surface area contributed by atoms with Gasteiger partial charge in [0, 0.05) is 11.3 Å². The molecule has 0 fully saturated rings. The molecule has 0 atom stereocenters. The van der Waals surface area contributed by atoms with E-state index >= 15 is 0 Å². The Balaban J connectivity index is 2.31. The third-order valence-electron chi connectivity index (χ3n) is 2.65. The number of rotatable bonds is 2. The molecule has 0 saturated heterocycles. The molecule has 0 saturated carbocycles. The van der Waals surface area contributed by atoms with Crippen LogP contribution in [0.1, 0.15) is 22.6 Å². The van der Waals surface area contributed by atoms with E-state index in [1.54, 1.807) is 6.92 Å². The molecular weight excluding hydrogens is 212 g/mol. The summed E-state index contributed by atoms with van der Waals surface area (Å²) in [6.45, 7) is 3.61. The van der Waals surface area contributed by atoms with Gasteiger partial charge in [0.2, 0.25) is 0 Å². The molecule has 17 heavy (non-hydrogen) atoms. The molecule has 3 heteroatoms. The molecule has 0 aliphatic carbocycles. The summed E-state index contributed by atoms with van der Waals surface area (Å²) in [7, 11) is 0. The number of H-pyrrole nitrogens is 1. The zero-order chi connectivity index (χ0) is 12.3. The minimum absolute atomic E-state index is 0.0785. The summed E-state index contributed by atoms with van der Waals surface area (Å²) in [4.78, 5) is 18.6. The second kappa shape index (κ2) is 4.78. The molecule has 2 rings (SSSR count). The van der Waals surface area contributed by atoms with E-state index in [1.165, 1.54) is 0 Å². The van der Waals surface area contributed by atoms with E-state index in [0.717, 1.165) is 11.3 Å². The molecule has 1 heterocycles. The van der Waals surface area contributed by atoms with Crippen LogP contribution in [0, 0.1) is 13.8 Å². The van der Waals surface area contributed by atoms with Gasteiger partial charge in [-0.15, -0.1) is 0 Å². The molecule has 0 unspecified atom stereocenters. The van der Waals surface area contributed by atoms with Gasteiger partial charge in [0.25, 0.3) is 5.56 Å². The number of benzene rings is 1. The maximum Gasteiger partial charge on any atom is 0.254 e. The van der Waals surface area contributed by atoms with Gasteiger partial charge >= 0.3 is 0 Å². The van der Waals surface area contributed by atoms with Crippen molar-refractivity contribution in [3.05, 3.63) is 63.3 Å². The first-order valence-electron chi connectivity index (χ1n) is 5.47. The molecule has 1 N–H and O–H groups in total. The predicted octanol–water partition coefficient (Wildman–Crippen LogP) is 2.56. The Bertz CT molecular complexity index is 597. The van der Waals surface area contributed by atoms with E-state index in [9.17, 15) is 4.79 Å². The second-order valence-corrected chi connectivity index (χ2v) is 3.91. The van der Waals surface area contributed by atoms with E-state index < -0.39 is 0 Å². The van der Waals surface area contributed by atoms with Crippen LogP contribution in [-0.4, -0.2) is 9.97 Å². The zero-order valence-corrected chi connectivity index (χ0v) is 9.90. The summed E-state index contributed by atoms with van der Waals surface area (Å²) in [6, 6.07) is 9.89. The number of aryl methyl sites for hydroxylation is 1. The Morgan fingerprint density at radius 2 is 1.82 bits per heavy atom. The van der Waals surface area contributed by atoms with E-state index in [1.807, 2.05) is 49.4 Å². The average Bonchev–Trinajstić information content (AvgIpc) is 2.34. The first kappa shape index (κ1) is 11.3. The van der Waals surface area contributed by atoms with E-state index in [0.29, 0.717) is 11.4 Å². The maximum atomic E-state index is 11.5. The number of nitrogens with one attached hydrogen (secondary N) is 1. The molecule has 0 amide bonds. The molecule has 0 aliphatic heterocycles. The zero-order valence-electron chi connectivity index (χ0n) is 9.90. The SMILES string of the molecule is Cc1nc(/C=C/c2ccccc2)[nH]c(=O)c1C. The molecular formula is C14H14N2O. The molecule has 1 aromatic heterocycles. The monoisotopic (exact) mass is 226 g/mol. The highest BCUT2D eigenvalue weighted by atomic mass is 16.1. The summed E-state index contributed by atoms with van der Waals surface area (Å²) >= 11 is 0. The van der Waals surface area contributed by atoms with Crippen LogP contribution in [0.15, 0.2) is 35.1 Å². The van der Waals surface area contributed by atoms with Gasteiger partial charge in [-0.3, -0.25) is 4.79 Å². The Labute approximate surface area is 99.9 Å². The number of aromatic amines is 1. The van der Waals surface area contributed by atoms with Crippen molar-refractivity contribution in [1.29, 1.82) is 0 Å². The van der Waals surface area contributed by atoms with Gasteiger partial charge in [0.15, 0.2) is 0 Å². The second-order valence-electron chi connectivity index (χ2n) is 3.91. The highest BCUT2D eigenvalue weighted by Gasteiger charge is 2.00. The van der Waals surface area contributed by atoms with Crippen molar-refractivity contribution in [2.75, 3.05) is 0 Å². The van der Waals surface area contributed by atoms with Crippen LogP contribution in [0.25, 0.3) is 12.2 Å². The van der Waals surface area contributed by atoms with E-state index in [2.05, 4.69) is 9.97 Å². The van der Waals surface area contributed by atoms with Crippen molar-refractivity contribution < 1.29 is 0 Å². The third-order valence-corrected chi connectivity index (χ3v) is 2.65. The molecule has 1 aromatic carbocycles. The number of aromatic nitrogens is 2. The van der Waals surface area contributed by atoms with Crippen LogP contribution < -0.4 is 5.56 Å². The maximum absolute atomic E-state index is 11.5. The van der Waals surface area contributed by atoms with Crippen molar-refractivity contribution in [2.45, 2.75) is 13.8 Å². The van der Waals surface area contributed by atoms with Crippen LogP contribution in [0.3, 0.4) is 0 Å². The summed E-state index contributed by atoms with van der Waals surface area (Å²) in [5, 5.41) is 0. The van der Waals surface area contributed by atoms with Gasteiger partial charge < -0.3 is 4.98 Å². The Morgan fingerprint density at radius 3 is 2.47 bits per heavy atom. The topological polar surface area (TPSA) is 45.8 Å². The number of hydrogen-bond donors (Lipinski definition) is 1. The predicted molar refractivity (Wildman–Crippen MR) is 69.7 cm³/mol. The van der Waals surface area contributed by atoms with Crippen molar-refractivity contribution in [3.63, 3.8) is 0 Å². The molecule has 0 radical (unpaired) electrons. The van der Waals surface area contributed by atoms with Crippen molar-refractivity contribution in [3.8, 4) is 0 Å². The fourth-order valence-corrected chi connectivity index (χ4v) is 1.49. The molecule has 2 aromatic rings. The normalized spacial score (nSPS) is 10.9. The minimum Gasteiger partial charge on any atom is -0.307 e. The van der Waals surface area contributed by atoms with Crippen molar-refractivity contribution >= 4 is 12.2 Å². The summed E-state index contributed by atoms with van der Waals surface area (Å²) < 4.78 is 0. The lowest BCUT2D eigenvalue weighted by Gasteiger charge is -1.99. The summed E-state index contributed by atoms with van der Waals surface area (Å²) in [5.74, 6) is 0.585. The standard InChI is InChI=1S/C14H14N2O/c1-10-11(2)15-13(16-14(10)17)9-8-12-6-4-3-5-7-12/h3-9H,1-2H3,(H,15,16,17)/b9-8+.